The Balaban J connectivity index is 2.49. The van der Waals surface area contributed by atoms with Crippen LogP contribution in [0.3, 0.4) is 0 Å². The largest absolute Gasteiger partial charge is 0.454 e. The molecule has 0 saturated carbocycles. The summed E-state index contributed by atoms with van der Waals surface area (Å²) in [6, 6.07) is 2.01. The number of benzene rings is 1. The lowest BCUT2D eigenvalue weighted by Gasteiger charge is -2.09. The van der Waals surface area contributed by atoms with Crippen LogP contribution in [0.1, 0.15) is 11.1 Å². The van der Waals surface area contributed by atoms with Crippen molar-refractivity contribution >= 4 is 15.9 Å². The van der Waals surface area contributed by atoms with E-state index in [-0.39, 0.29) is 0 Å². The minimum Gasteiger partial charge on any atom is -0.454 e. The monoisotopic (exact) mass is 257 g/mol. The lowest BCUT2D eigenvalue weighted by Crippen LogP contribution is -2.04. The van der Waals surface area contributed by atoms with E-state index in [4.69, 9.17) is 15.2 Å². The average molecular weight is 258 g/mol. The summed E-state index contributed by atoms with van der Waals surface area (Å²) in [5.74, 6) is 1.62. The highest BCUT2D eigenvalue weighted by Gasteiger charge is 2.20. The predicted octanol–water partition coefficient (Wildman–Crippen LogP) is 1.99. The van der Waals surface area contributed by atoms with Crippen molar-refractivity contribution in [1.29, 1.82) is 0 Å². The highest BCUT2D eigenvalue weighted by atomic mass is 79.9. The van der Waals surface area contributed by atoms with Gasteiger partial charge in [-0.3, -0.25) is 0 Å². The third kappa shape index (κ3) is 1.48. The maximum absolute atomic E-state index is 5.54. The van der Waals surface area contributed by atoms with E-state index in [1.54, 1.807) is 0 Å². The van der Waals surface area contributed by atoms with E-state index < -0.39 is 0 Å². The molecule has 0 amide bonds. The molecule has 1 aromatic rings. The third-order valence-electron chi connectivity index (χ3n) is 2.37. The topological polar surface area (TPSA) is 44.5 Å². The zero-order valence-electron chi connectivity index (χ0n) is 7.97. The molecule has 0 aromatic heterocycles. The molecule has 0 saturated heterocycles. The molecule has 0 aliphatic carbocycles. The fourth-order valence-corrected chi connectivity index (χ4v) is 2.12. The molecule has 0 radical (unpaired) electrons. The second-order valence-corrected chi connectivity index (χ2v) is 4.04. The molecule has 1 heterocycles. The lowest BCUT2D eigenvalue weighted by atomic mass is 10.0. The van der Waals surface area contributed by atoms with E-state index in [9.17, 15) is 0 Å². The van der Waals surface area contributed by atoms with Gasteiger partial charge in [0.05, 0.1) is 4.47 Å². The summed E-state index contributed by atoms with van der Waals surface area (Å²) in [5, 5.41) is 0. The van der Waals surface area contributed by atoms with E-state index >= 15 is 0 Å². The molecule has 14 heavy (non-hydrogen) atoms. The van der Waals surface area contributed by atoms with Crippen LogP contribution in [0.5, 0.6) is 11.5 Å². The maximum Gasteiger partial charge on any atom is 0.231 e. The van der Waals surface area contributed by atoms with Gasteiger partial charge in [-0.05, 0) is 53.0 Å². The average Bonchev–Trinajstić information content (AvgIpc) is 2.62. The second-order valence-electron chi connectivity index (χ2n) is 3.25. The van der Waals surface area contributed by atoms with Gasteiger partial charge in [0, 0.05) is 0 Å². The zero-order chi connectivity index (χ0) is 10.1. The molecule has 2 N–H and O–H groups in total. The molecular weight excluding hydrogens is 246 g/mol. The molecule has 1 aliphatic heterocycles. The maximum atomic E-state index is 5.54. The number of nitrogens with two attached hydrogens (primary N) is 1. The predicted molar refractivity (Wildman–Crippen MR) is 57.8 cm³/mol. The first-order valence-electron chi connectivity index (χ1n) is 4.51. The Morgan fingerprint density at radius 1 is 1.50 bits per heavy atom. The quantitative estimate of drug-likeness (QED) is 0.882. The van der Waals surface area contributed by atoms with E-state index in [2.05, 4.69) is 22.9 Å². The minimum atomic E-state index is 0.305. The summed E-state index contributed by atoms with van der Waals surface area (Å²) in [4.78, 5) is 0. The second kappa shape index (κ2) is 3.79. The summed E-state index contributed by atoms with van der Waals surface area (Å²) in [6.45, 7) is 3.00. The van der Waals surface area contributed by atoms with Gasteiger partial charge in [0.25, 0.3) is 0 Å². The molecule has 0 fully saturated rings. The molecule has 0 unspecified atom stereocenters. The van der Waals surface area contributed by atoms with Crippen molar-refractivity contribution in [1.82, 2.24) is 0 Å². The normalized spacial score (nSPS) is 13.4. The summed E-state index contributed by atoms with van der Waals surface area (Å²) in [6.07, 6.45) is 0.862. The van der Waals surface area contributed by atoms with Crippen LogP contribution in [-0.4, -0.2) is 13.3 Å². The SMILES string of the molecule is Cc1c(CCN)cc2c(c1Br)OCO2. The summed E-state index contributed by atoms with van der Waals surface area (Å²) in [7, 11) is 0. The van der Waals surface area contributed by atoms with Crippen molar-refractivity contribution in [2.75, 3.05) is 13.3 Å². The number of hydrogen-bond donors (Lipinski definition) is 1. The smallest absolute Gasteiger partial charge is 0.231 e. The Morgan fingerprint density at radius 2 is 2.29 bits per heavy atom. The van der Waals surface area contributed by atoms with Crippen molar-refractivity contribution in [2.45, 2.75) is 13.3 Å². The first-order valence-corrected chi connectivity index (χ1v) is 5.31. The fraction of sp³-hybridized carbons (Fsp3) is 0.400. The van der Waals surface area contributed by atoms with Crippen LogP contribution in [0.15, 0.2) is 10.5 Å². The Kier molecular flexibility index (Phi) is 2.65. The van der Waals surface area contributed by atoms with Gasteiger partial charge in [0.1, 0.15) is 0 Å². The van der Waals surface area contributed by atoms with E-state index in [0.29, 0.717) is 13.3 Å². The van der Waals surface area contributed by atoms with Crippen LogP contribution >= 0.6 is 15.9 Å². The first-order chi connectivity index (χ1) is 6.74. The van der Waals surface area contributed by atoms with Crippen LogP contribution in [-0.2, 0) is 6.42 Å². The Bertz CT molecular complexity index is 366. The van der Waals surface area contributed by atoms with Gasteiger partial charge in [-0.1, -0.05) is 0 Å². The van der Waals surface area contributed by atoms with Crippen molar-refractivity contribution < 1.29 is 9.47 Å². The number of fused-ring (bicyclic) bond motifs is 1. The molecule has 0 spiro atoms. The molecule has 1 aromatic carbocycles. The van der Waals surface area contributed by atoms with Crippen LogP contribution in [0.25, 0.3) is 0 Å². The lowest BCUT2D eigenvalue weighted by molar-refractivity contribution is 0.173. The summed E-state index contributed by atoms with van der Waals surface area (Å²) in [5.41, 5.74) is 7.93. The third-order valence-corrected chi connectivity index (χ3v) is 3.33. The van der Waals surface area contributed by atoms with E-state index in [1.807, 2.05) is 6.07 Å². The van der Waals surface area contributed by atoms with E-state index in [1.165, 1.54) is 11.1 Å². The standard InChI is InChI=1S/C10H12BrNO2/c1-6-7(2-3-12)4-8-10(9(6)11)14-5-13-8/h4H,2-3,5,12H2,1H3. The van der Waals surface area contributed by atoms with Gasteiger partial charge >= 0.3 is 0 Å². The van der Waals surface area contributed by atoms with E-state index in [0.717, 1.165) is 22.4 Å². The molecule has 0 bridgehead atoms. The van der Waals surface area contributed by atoms with Gasteiger partial charge in [-0.2, -0.15) is 0 Å². The molecule has 3 nitrogen and oxygen atoms in total. The number of halogens is 1. The van der Waals surface area contributed by atoms with Gasteiger partial charge in [-0.15, -0.1) is 0 Å². The summed E-state index contributed by atoms with van der Waals surface area (Å²) >= 11 is 3.51. The molecule has 76 valence electrons. The van der Waals surface area contributed by atoms with Gasteiger partial charge in [0.15, 0.2) is 11.5 Å². The highest BCUT2D eigenvalue weighted by Crippen LogP contribution is 2.42. The summed E-state index contributed by atoms with van der Waals surface area (Å²) < 4.78 is 11.7. The zero-order valence-corrected chi connectivity index (χ0v) is 9.56. The van der Waals surface area contributed by atoms with Crippen molar-refractivity contribution in [3.8, 4) is 11.5 Å². The van der Waals surface area contributed by atoms with Gasteiger partial charge < -0.3 is 15.2 Å². The number of rotatable bonds is 2. The van der Waals surface area contributed by atoms with Crippen molar-refractivity contribution in [3.63, 3.8) is 0 Å². The Hall–Kier alpha value is -0.740. The van der Waals surface area contributed by atoms with Gasteiger partial charge in [0.2, 0.25) is 6.79 Å². The van der Waals surface area contributed by atoms with Crippen molar-refractivity contribution in [3.05, 3.63) is 21.7 Å². The van der Waals surface area contributed by atoms with Crippen LogP contribution in [0.4, 0.5) is 0 Å². The molecule has 4 heteroatoms. The van der Waals surface area contributed by atoms with Crippen LogP contribution < -0.4 is 15.2 Å². The molecular formula is C10H12BrNO2. The van der Waals surface area contributed by atoms with Crippen LogP contribution in [0.2, 0.25) is 0 Å². The van der Waals surface area contributed by atoms with Crippen molar-refractivity contribution in [2.24, 2.45) is 5.73 Å². The first kappa shape index (κ1) is 9.80. The molecule has 1 aliphatic rings. The Labute approximate surface area is 91.3 Å². The minimum absolute atomic E-state index is 0.305. The highest BCUT2D eigenvalue weighted by molar-refractivity contribution is 9.10. The number of hydrogen-bond acceptors (Lipinski definition) is 3. The Morgan fingerprint density at radius 3 is 3.00 bits per heavy atom. The molecule has 0 atom stereocenters. The number of ether oxygens (including phenoxy) is 2. The van der Waals surface area contributed by atoms with Crippen LogP contribution in [0, 0.1) is 6.92 Å². The fourth-order valence-electron chi connectivity index (χ4n) is 1.56. The van der Waals surface area contributed by atoms with Gasteiger partial charge in [-0.25, -0.2) is 0 Å². The molecule has 2 rings (SSSR count).